The van der Waals surface area contributed by atoms with Crippen molar-refractivity contribution < 1.29 is 56.9 Å². The van der Waals surface area contributed by atoms with E-state index in [9.17, 15) is 33.9 Å². The molecule has 4 aliphatic carbocycles. The number of nitrogens with zero attached hydrogens (tertiary/aromatic N) is 1. The van der Waals surface area contributed by atoms with Crippen molar-refractivity contribution in [3.8, 4) is 0 Å². The third-order valence-electron chi connectivity index (χ3n) is 14.3. The van der Waals surface area contributed by atoms with Crippen molar-refractivity contribution >= 4 is 51.8 Å². The second-order valence-electron chi connectivity index (χ2n) is 18.0. The minimum absolute atomic E-state index is 0.0208. The van der Waals surface area contributed by atoms with E-state index in [1.165, 1.54) is 19.1 Å². The number of carbonyl (C=O) groups excluding carboxylic acids is 6. The van der Waals surface area contributed by atoms with Crippen LogP contribution in [0.15, 0.2) is 84.7 Å². The molecule has 340 valence electrons. The first-order chi connectivity index (χ1) is 30.5. The van der Waals surface area contributed by atoms with E-state index in [0.29, 0.717) is 23.2 Å². The fourth-order valence-corrected chi connectivity index (χ4v) is 10.9. The predicted octanol–water partition coefficient (Wildman–Crippen LogP) is 6.64. The van der Waals surface area contributed by atoms with Crippen LogP contribution in [0, 0.1) is 22.7 Å². The lowest BCUT2D eigenvalue weighted by atomic mass is 9.44. The first-order valence-corrected chi connectivity index (χ1v) is 22.0. The van der Waals surface area contributed by atoms with E-state index in [1.807, 2.05) is 18.2 Å². The topological polar surface area (TPSA) is 201 Å². The summed E-state index contributed by atoms with van der Waals surface area (Å²) >= 11 is 0. The number of benzene rings is 2. The van der Waals surface area contributed by atoms with Crippen LogP contribution in [-0.2, 0) is 49.6 Å². The van der Waals surface area contributed by atoms with Crippen molar-refractivity contribution in [3.63, 3.8) is 0 Å². The Labute approximate surface area is 370 Å². The average molecular weight is 884 g/mol. The Morgan fingerprint density at radius 1 is 0.969 bits per heavy atom. The Bertz CT molecular complexity index is 2390. The minimum atomic E-state index is -2.39. The van der Waals surface area contributed by atoms with Gasteiger partial charge in [-0.25, -0.2) is 8.78 Å². The number of aromatic nitrogens is 1. The average Bonchev–Trinajstić information content (AvgIpc) is 3.55. The molecule has 1 heterocycles. The number of fused-ring (bicyclic) bond motifs is 6. The number of carbonyl (C=O) groups is 6. The number of pyridine rings is 1. The molecule has 7 rings (SSSR count). The van der Waals surface area contributed by atoms with Crippen LogP contribution in [0.3, 0.4) is 0 Å². The highest BCUT2D eigenvalue weighted by atomic mass is 19.1. The Hall–Kier alpha value is -5.67. The lowest BCUT2D eigenvalue weighted by Crippen LogP contribution is -2.70. The maximum Gasteiger partial charge on any atom is 0.306 e. The zero-order valence-electron chi connectivity index (χ0n) is 36.3. The normalized spacial score (nSPS) is 29.7. The number of alkyl halides is 2. The molecule has 2 aromatic carbocycles. The van der Waals surface area contributed by atoms with Gasteiger partial charge in [-0.1, -0.05) is 50.3 Å². The van der Waals surface area contributed by atoms with Crippen molar-refractivity contribution in [3.05, 3.63) is 95.9 Å². The fraction of sp³-hybridized carbons (Fsp3) is 0.490. The van der Waals surface area contributed by atoms with Gasteiger partial charge in [-0.05, 0) is 104 Å². The molecule has 15 heteroatoms. The highest BCUT2D eigenvalue weighted by Crippen LogP contribution is 2.70. The fourth-order valence-electron chi connectivity index (χ4n) is 10.9. The molecule has 0 unspecified atom stereocenters. The Kier molecular flexibility index (Phi) is 13.3. The summed E-state index contributed by atoms with van der Waals surface area (Å²) < 4.78 is 50.4. The largest absolute Gasteiger partial charge is 0.461 e. The molecule has 1 amide bonds. The van der Waals surface area contributed by atoms with Gasteiger partial charge in [0.2, 0.25) is 11.7 Å². The number of ketones is 2. The zero-order valence-corrected chi connectivity index (χ0v) is 36.3. The molecule has 0 aliphatic heterocycles. The third kappa shape index (κ3) is 8.39. The van der Waals surface area contributed by atoms with E-state index in [0.717, 1.165) is 16.8 Å². The Morgan fingerprint density at radius 3 is 2.42 bits per heavy atom. The van der Waals surface area contributed by atoms with Crippen LogP contribution in [0.1, 0.15) is 95.6 Å². The van der Waals surface area contributed by atoms with Crippen molar-refractivity contribution in [2.24, 2.45) is 28.4 Å². The number of nitrogens with two attached hydrogens (primary N) is 1. The summed E-state index contributed by atoms with van der Waals surface area (Å²) in [4.78, 5) is 82.4. The molecule has 3 saturated carbocycles. The molecule has 0 saturated heterocycles. The number of aliphatic hydroxyl groups excluding tert-OH is 1. The molecular weight excluding hydrogens is 829 g/mol. The number of allylic oxidation sites excluding steroid dienone is 4. The number of hydrogen-bond donors (Lipinski definition) is 3. The van der Waals surface area contributed by atoms with Gasteiger partial charge < -0.3 is 30.4 Å². The second-order valence-corrected chi connectivity index (χ2v) is 18.0. The number of amides is 1. The van der Waals surface area contributed by atoms with Crippen LogP contribution in [-0.4, -0.2) is 82.2 Å². The SMILES string of the molecule is CCCC(=O)O[C@]1(C(=O)COC(=O)CCCC(=O)OCc2ccc([C@@H](CN)C(=O)Nc3ccc4cnccc4c3)cc2)CC[C@H]2[C@@H]3C[C@H](F)C4=CC(=O)C=C[C@]4(C)[C@@]3(F)[C@@H](O)C[C@@]21C. The number of ether oxygens (including phenoxy) is 3. The number of halogens is 2. The number of nitrogens with one attached hydrogen (secondary N) is 1. The van der Waals surface area contributed by atoms with Gasteiger partial charge in [-0.2, -0.15) is 0 Å². The van der Waals surface area contributed by atoms with Crippen molar-refractivity contribution in [2.45, 2.75) is 115 Å². The number of esters is 3. The molecule has 0 bridgehead atoms. The molecule has 0 spiro atoms. The summed E-state index contributed by atoms with van der Waals surface area (Å²) in [7, 11) is 0. The van der Waals surface area contributed by atoms with Gasteiger partial charge in [-0.15, -0.1) is 0 Å². The standard InChI is InChI=1S/C49H55F2N3O10/c1-4-6-44(60)64-48(19-16-36-37-23-39(50)38-22-34(55)15-18-46(38,2)49(37,51)40(56)24-47(36,48)3)41(57)28-63-43(59)8-5-7-42(58)62-27-29-9-11-30(12-10-29)35(25-52)45(61)54-33-14-13-32-26-53-20-17-31(32)21-33/h9-15,17-18,20-22,26,35-37,39-40,56H,4-8,16,19,23-25,27-28,52H2,1-3H3,(H,54,61)/t35-,36+,37+,39+,40+,46+,47+,48+,49+/m1/s1. The molecule has 0 radical (unpaired) electrons. The van der Waals surface area contributed by atoms with E-state index >= 15 is 8.78 Å². The number of Topliss-reactive ketones (excluding diaryl/α,β-unsaturated/α-hetero) is 1. The summed E-state index contributed by atoms with van der Waals surface area (Å²) in [5.74, 6) is -5.94. The summed E-state index contributed by atoms with van der Waals surface area (Å²) in [5, 5.41) is 16.5. The molecular formula is C49H55F2N3O10. The Balaban J connectivity index is 0.915. The monoisotopic (exact) mass is 883 g/mol. The number of hydrogen-bond acceptors (Lipinski definition) is 12. The van der Waals surface area contributed by atoms with Gasteiger partial charge in [0.1, 0.15) is 12.8 Å². The molecule has 4 N–H and O–H groups in total. The lowest BCUT2D eigenvalue weighted by Gasteiger charge is -2.63. The molecule has 9 atom stereocenters. The molecule has 64 heavy (non-hydrogen) atoms. The van der Waals surface area contributed by atoms with Crippen LogP contribution >= 0.6 is 0 Å². The molecule has 13 nitrogen and oxygen atoms in total. The van der Waals surface area contributed by atoms with Crippen molar-refractivity contribution in [1.82, 2.24) is 4.98 Å². The van der Waals surface area contributed by atoms with Gasteiger partial charge in [-0.3, -0.25) is 33.8 Å². The van der Waals surface area contributed by atoms with Crippen LogP contribution in [0.25, 0.3) is 10.8 Å². The van der Waals surface area contributed by atoms with E-state index in [1.54, 1.807) is 56.6 Å². The van der Waals surface area contributed by atoms with Gasteiger partial charge in [0, 0.05) is 66.0 Å². The van der Waals surface area contributed by atoms with E-state index < -0.39 is 88.2 Å². The van der Waals surface area contributed by atoms with Crippen LogP contribution in [0.5, 0.6) is 0 Å². The number of anilines is 1. The molecule has 4 aliphatic rings. The van der Waals surface area contributed by atoms with E-state index in [2.05, 4.69) is 10.3 Å². The highest BCUT2D eigenvalue weighted by molar-refractivity contribution is 6.01. The first kappa shape index (κ1) is 46.3. The molecule has 3 aromatic rings. The zero-order chi connectivity index (χ0) is 46.0. The van der Waals surface area contributed by atoms with Crippen LogP contribution < -0.4 is 11.1 Å². The van der Waals surface area contributed by atoms with E-state index in [-0.39, 0.29) is 76.0 Å². The van der Waals surface area contributed by atoms with Gasteiger partial charge in [0.25, 0.3) is 0 Å². The quantitative estimate of drug-likeness (QED) is 0.102. The molecule has 1 aromatic heterocycles. The second kappa shape index (κ2) is 18.4. The predicted molar refractivity (Wildman–Crippen MR) is 231 cm³/mol. The smallest absolute Gasteiger partial charge is 0.306 e. The van der Waals surface area contributed by atoms with Crippen molar-refractivity contribution in [1.29, 1.82) is 0 Å². The number of aliphatic hydroxyl groups is 1. The third-order valence-corrected chi connectivity index (χ3v) is 14.3. The number of rotatable bonds is 16. The minimum Gasteiger partial charge on any atom is -0.461 e. The van der Waals surface area contributed by atoms with Gasteiger partial charge in [0.15, 0.2) is 23.7 Å². The van der Waals surface area contributed by atoms with Crippen molar-refractivity contribution in [2.75, 3.05) is 18.5 Å². The summed E-state index contributed by atoms with van der Waals surface area (Å²) in [6.07, 6.45) is 3.19. The van der Waals surface area contributed by atoms with Crippen LogP contribution in [0.4, 0.5) is 14.5 Å². The first-order valence-electron chi connectivity index (χ1n) is 22.0. The van der Waals surface area contributed by atoms with Gasteiger partial charge >= 0.3 is 17.9 Å². The van der Waals surface area contributed by atoms with Gasteiger partial charge in [0.05, 0.1) is 12.0 Å². The highest BCUT2D eigenvalue weighted by Gasteiger charge is 2.76. The van der Waals surface area contributed by atoms with E-state index in [4.69, 9.17) is 19.9 Å². The summed E-state index contributed by atoms with van der Waals surface area (Å²) in [6, 6.07) is 14.3. The maximum absolute atomic E-state index is 17.7. The summed E-state index contributed by atoms with van der Waals surface area (Å²) in [6.45, 7) is 4.12. The maximum atomic E-state index is 17.7. The lowest BCUT2D eigenvalue weighted by molar-refractivity contribution is -0.229. The van der Waals surface area contributed by atoms with Crippen LogP contribution in [0.2, 0.25) is 0 Å². The Morgan fingerprint density at radius 2 is 1.70 bits per heavy atom. The summed E-state index contributed by atoms with van der Waals surface area (Å²) in [5.41, 5.74) is 0.668. The molecule has 3 fully saturated rings.